The van der Waals surface area contributed by atoms with Crippen LogP contribution in [0.5, 0.6) is 0 Å². The molecule has 1 aliphatic rings. The minimum Gasteiger partial charge on any atom is -0.444 e. The number of carbonyl (C=O) groups is 1. The number of hydrogen-bond acceptors (Lipinski definition) is 5. The first-order valence-corrected chi connectivity index (χ1v) is 7.94. The summed E-state index contributed by atoms with van der Waals surface area (Å²) in [5.74, 6) is 0.0546. The second kappa shape index (κ2) is 7.15. The van der Waals surface area contributed by atoms with E-state index in [1.54, 1.807) is 20.8 Å². The molecule has 0 fully saturated rings. The van der Waals surface area contributed by atoms with Crippen molar-refractivity contribution in [2.45, 2.75) is 51.9 Å². The number of nitrogens with zero attached hydrogens (tertiary/aromatic N) is 3. The number of aromatic nitrogens is 2. The Hall–Kier alpha value is -1.90. The number of alkyl halides is 3. The predicted octanol–water partition coefficient (Wildman–Crippen LogP) is 2.98. The Kier molecular flexibility index (Phi) is 5.55. The molecule has 0 radical (unpaired) electrons. The van der Waals surface area contributed by atoms with E-state index in [9.17, 15) is 18.0 Å². The van der Waals surface area contributed by atoms with Crippen LogP contribution < -0.4 is 0 Å². The van der Waals surface area contributed by atoms with E-state index in [1.807, 2.05) is 0 Å². The van der Waals surface area contributed by atoms with Crippen molar-refractivity contribution in [1.29, 1.82) is 0 Å². The predicted molar refractivity (Wildman–Crippen MR) is 83.0 cm³/mol. The summed E-state index contributed by atoms with van der Waals surface area (Å²) < 4.78 is 50.2. The van der Waals surface area contributed by atoms with Crippen LogP contribution in [0.25, 0.3) is 0 Å². The van der Waals surface area contributed by atoms with Gasteiger partial charge in [0, 0.05) is 25.6 Å². The van der Waals surface area contributed by atoms with Crippen LogP contribution in [-0.4, -0.2) is 46.8 Å². The molecule has 1 amide bonds. The molecule has 0 bridgehead atoms. The lowest BCUT2D eigenvalue weighted by molar-refractivity contribution is -0.142. The second-order valence-electron chi connectivity index (χ2n) is 6.81. The van der Waals surface area contributed by atoms with Gasteiger partial charge in [0.25, 0.3) is 0 Å². The van der Waals surface area contributed by atoms with Gasteiger partial charge in [-0.05, 0) is 27.2 Å². The number of carbonyl (C=O) groups excluding carboxylic acids is 1. The van der Waals surface area contributed by atoms with Crippen molar-refractivity contribution < 1.29 is 27.4 Å². The fraction of sp³-hybridized carbons (Fsp3) is 0.688. The highest BCUT2D eigenvalue weighted by Gasteiger charge is 2.39. The summed E-state index contributed by atoms with van der Waals surface area (Å²) in [4.78, 5) is 21.4. The van der Waals surface area contributed by atoms with E-state index in [0.717, 1.165) is 0 Å². The zero-order valence-corrected chi connectivity index (χ0v) is 14.7. The number of ether oxygens (including phenoxy) is 2. The maximum atomic E-state index is 13.3. The van der Waals surface area contributed by atoms with E-state index < -0.39 is 23.6 Å². The van der Waals surface area contributed by atoms with Gasteiger partial charge in [-0.3, -0.25) is 0 Å². The summed E-state index contributed by atoms with van der Waals surface area (Å²) in [5.41, 5.74) is -1.34. The number of halogens is 3. The first-order valence-electron chi connectivity index (χ1n) is 7.94. The van der Waals surface area contributed by atoms with Crippen LogP contribution in [0.15, 0.2) is 0 Å². The molecule has 25 heavy (non-hydrogen) atoms. The highest BCUT2D eigenvalue weighted by molar-refractivity contribution is 5.68. The number of fused-ring (bicyclic) bond motifs is 1. The molecule has 9 heteroatoms. The van der Waals surface area contributed by atoms with E-state index in [-0.39, 0.29) is 49.6 Å². The third-order valence-corrected chi connectivity index (χ3v) is 3.56. The van der Waals surface area contributed by atoms with Crippen molar-refractivity contribution >= 4 is 6.09 Å². The van der Waals surface area contributed by atoms with E-state index in [4.69, 9.17) is 9.47 Å². The molecular formula is C16H22F3N3O3. The van der Waals surface area contributed by atoms with E-state index in [1.165, 1.54) is 12.0 Å². The van der Waals surface area contributed by atoms with Gasteiger partial charge in [-0.1, -0.05) is 0 Å². The van der Waals surface area contributed by atoms with Crippen LogP contribution in [0.4, 0.5) is 18.0 Å². The van der Waals surface area contributed by atoms with Gasteiger partial charge in [-0.2, -0.15) is 13.2 Å². The molecule has 0 spiro atoms. The zero-order valence-electron chi connectivity index (χ0n) is 14.7. The smallest absolute Gasteiger partial charge is 0.433 e. The van der Waals surface area contributed by atoms with Crippen molar-refractivity contribution in [3.63, 3.8) is 0 Å². The summed E-state index contributed by atoms with van der Waals surface area (Å²) in [7, 11) is 1.45. The van der Waals surface area contributed by atoms with Crippen LogP contribution >= 0.6 is 0 Å². The minimum atomic E-state index is -4.57. The summed E-state index contributed by atoms with van der Waals surface area (Å²) in [5, 5.41) is 0. The SMILES string of the molecule is COCCc1nc2c(c(C(F)(F)F)n1)CCN(C(=O)OC(C)(C)C)C2. The van der Waals surface area contributed by atoms with Crippen molar-refractivity contribution in [3.8, 4) is 0 Å². The molecule has 0 atom stereocenters. The lowest BCUT2D eigenvalue weighted by Crippen LogP contribution is -2.41. The molecular weight excluding hydrogens is 339 g/mol. The van der Waals surface area contributed by atoms with Gasteiger partial charge >= 0.3 is 12.3 Å². The normalized spacial score (nSPS) is 15.1. The summed E-state index contributed by atoms with van der Waals surface area (Å²) in [6.45, 7) is 5.51. The summed E-state index contributed by atoms with van der Waals surface area (Å²) >= 11 is 0. The highest BCUT2D eigenvalue weighted by atomic mass is 19.4. The Balaban J connectivity index is 2.31. The second-order valence-corrected chi connectivity index (χ2v) is 6.81. The largest absolute Gasteiger partial charge is 0.444 e. The molecule has 2 rings (SSSR count). The van der Waals surface area contributed by atoms with Crippen LogP contribution in [-0.2, 0) is 35.0 Å². The van der Waals surface area contributed by atoms with Gasteiger partial charge in [-0.25, -0.2) is 14.8 Å². The first kappa shape index (κ1) is 19.4. The fourth-order valence-corrected chi connectivity index (χ4v) is 2.50. The number of hydrogen-bond donors (Lipinski definition) is 0. The van der Waals surface area contributed by atoms with E-state index >= 15 is 0 Å². The molecule has 0 saturated heterocycles. The Morgan fingerprint density at radius 2 is 1.92 bits per heavy atom. The Morgan fingerprint density at radius 3 is 2.48 bits per heavy atom. The third kappa shape index (κ3) is 5.04. The lowest BCUT2D eigenvalue weighted by atomic mass is 10.0. The van der Waals surface area contributed by atoms with Gasteiger partial charge in [-0.15, -0.1) is 0 Å². The maximum Gasteiger partial charge on any atom is 0.433 e. The van der Waals surface area contributed by atoms with Gasteiger partial charge in [0.05, 0.1) is 18.8 Å². The lowest BCUT2D eigenvalue weighted by Gasteiger charge is -2.31. The standard InChI is InChI=1S/C16H22F3N3O3/c1-15(2,3)25-14(23)22-7-5-10-11(9-22)20-12(6-8-24-4)21-13(10)16(17,18)19/h5-9H2,1-4H3. The van der Waals surface area contributed by atoms with Crippen molar-refractivity contribution in [2.24, 2.45) is 0 Å². The minimum absolute atomic E-state index is 0.0319. The molecule has 1 aromatic rings. The number of rotatable bonds is 3. The molecule has 0 unspecified atom stereocenters. The highest BCUT2D eigenvalue weighted by Crippen LogP contribution is 2.34. The van der Waals surface area contributed by atoms with Gasteiger partial charge in [0.2, 0.25) is 0 Å². The van der Waals surface area contributed by atoms with Crippen LogP contribution in [0.2, 0.25) is 0 Å². The molecule has 1 aromatic heterocycles. The van der Waals surface area contributed by atoms with Gasteiger partial charge in [0.1, 0.15) is 11.4 Å². The topological polar surface area (TPSA) is 64.6 Å². The van der Waals surface area contributed by atoms with Crippen LogP contribution in [0, 0.1) is 0 Å². The van der Waals surface area contributed by atoms with Crippen molar-refractivity contribution in [1.82, 2.24) is 14.9 Å². The van der Waals surface area contributed by atoms with Gasteiger partial charge < -0.3 is 14.4 Å². The van der Waals surface area contributed by atoms with Crippen LogP contribution in [0.1, 0.15) is 43.5 Å². The average molecular weight is 361 g/mol. The molecule has 2 heterocycles. The molecule has 0 saturated carbocycles. The fourth-order valence-electron chi connectivity index (χ4n) is 2.50. The zero-order chi connectivity index (χ0) is 18.8. The maximum absolute atomic E-state index is 13.3. The molecule has 140 valence electrons. The third-order valence-electron chi connectivity index (χ3n) is 3.56. The molecule has 6 nitrogen and oxygen atoms in total. The van der Waals surface area contributed by atoms with Crippen LogP contribution in [0.3, 0.4) is 0 Å². The molecule has 0 N–H and O–H groups in total. The Morgan fingerprint density at radius 1 is 1.24 bits per heavy atom. The van der Waals surface area contributed by atoms with Crippen molar-refractivity contribution in [3.05, 3.63) is 22.8 Å². The number of methoxy groups -OCH3 is 1. The first-order chi connectivity index (χ1) is 11.5. The van der Waals surface area contributed by atoms with E-state index in [2.05, 4.69) is 9.97 Å². The number of amides is 1. The molecule has 0 aromatic carbocycles. The Bertz CT molecular complexity index is 642. The average Bonchev–Trinajstić information content (AvgIpc) is 2.48. The summed E-state index contributed by atoms with van der Waals surface area (Å²) in [6.07, 6.45) is -4.93. The van der Waals surface area contributed by atoms with Gasteiger partial charge in [0.15, 0.2) is 5.69 Å². The molecule has 0 aliphatic carbocycles. The summed E-state index contributed by atoms with van der Waals surface area (Å²) in [6, 6.07) is 0. The molecule has 1 aliphatic heterocycles. The quantitative estimate of drug-likeness (QED) is 0.828. The van der Waals surface area contributed by atoms with E-state index in [0.29, 0.717) is 0 Å². The Labute approximate surface area is 144 Å². The monoisotopic (exact) mass is 361 g/mol. The van der Waals surface area contributed by atoms with Crippen molar-refractivity contribution in [2.75, 3.05) is 20.3 Å².